The molecule has 4 rings (SSSR count). The third-order valence-corrected chi connectivity index (χ3v) is 11.1. The van der Waals surface area contributed by atoms with E-state index in [1.165, 1.54) is 0 Å². The molecule has 13 nitrogen and oxygen atoms in total. The number of rotatable bonds is 10. The fourth-order valence-corrected chi connectivity index (χ4v) is 8.28. The number of carbonyl (C=O) groups excluding carboxylic acids is 4. The number of hydrogen-bond acceptors (Lipinski definition) is 9. The van der Waals surface area contributed by atoms with E-state index >= 15 is 0 Å². The lowest BCUT2D eigenvalue weighted by Gasteiger charge is -2.46. The molecular weight excluding hydrogens is 661 g/mol. The van der Waals surface area contributed by atoms with Gasteiger partial charge in [0.15, 0.2) is 22.4 Å². The molecule has 2 aliphatic carbocycles. The molecule has 2 aromatic rings. The zero-order valence-corrected chi connectivity index (χ0v) is 25.7. The van der Waals surface area contributed by atoms with E-state index in [9.17, 15) is 51.0 Å². The number of sulfone groups is 1. The normalized spacial score (nSPS) is 24.5. The predicted molar refractivity (Wildman–Crippen MR) is 154 cm³/mol. The van der Waals surface area contributed by atoms with Crippen LogP contribution in [0.2, 0.25) is 5.02 Å². The molecular formula is C28H30ClF3N4O9S. The summed E-state index contributed by atoms with van der Waals surface area (Å²) >= 11 is 6.20. The van der Waals surface area contributed by atoms with Crippen molar-refractivity contribution < 1.29 is 55.7 Å². The van der Waals surface area contributed by atoms with Gasteiger partial charge in [-0.15, -0.1) is 0 Å². The Morgan fingerprint density at radius 2 is 1.65 bits per heavy atom. The predicted octanol–water partition coefficient (Wildman–Crippen LogP) is 1.74. The molecule has 0 aliphatic heterocycles. The number of ether oxygens (including phenoxy) is 1. The van der Waals surface area contributed by atoms with Gasteiger partial charge in [0.1, 0.15) is 6.04 Å². The molecule has 0 aromatic heterocycles. The minimum atomic E-state index is -4.73. The van der Waals surface area contributed by atoms with Gasteiger partial charge in [0.25, 0.3) is 5.91 Å². The van der Waals surface area contributed by atoms with Gasteiger partial charge in [0.05, 0.1) is 29.0 Å². The third kappa shape index (κ3) is 6.77. The Morgan fingerprint density at radius 1 is 1.07 bits per heavy atom. The second kappa shape index (κ2) is 13.1. The van der Waals surface area contributed by atoms with Crippen LogP contribution in [0.5, 0.6) is 0 Å². The Morgan fingerprint density at radius 3 is 2.20 bits per heavy atom. The van der Waals surface area contributed by atoms with Crippen molar-refractivity contribution in [3.63, 3.8) is 0 Å². The number of methoxy groups -OCH3 is 1. The molecule has 250 valence electrons. The number of carbonyl (C=O) groups is 4. The van der Waals surface area contributed by atoms with Crippen molar-refractivity contribution in [1.82, 2.24) is 10.6 Å². The lowest BCUT2D eigenvalue weighted by molar-refractivity contribution is -0.131. The van der Waals surface area contributed by atoms with Gasteiger partial charge in [0, 0.05) is 29.9 Å². The molecule has 2 bridgehead atoms. The monoisotopic (exact) mass is 690 g/mol. The molecule has 2 unspecified atom stereocenters. The largest absolute Gasteiger partial charge is 0.453 e. The molecule has 3 atom stereocenters. The molecule has 2 aromatic carbocycles. The number of fused-ring (bicyclic) bond motifs is 2. The number of nitrogens with one attached hydrogen (secondary N) is 3. The average Bonchev–Trinajstić information content (AvgIpc) is 3.13. The molecule has 46 heavy (non-hydrogen) atoms. The highest BCUT2D eigenvalue weighted by Gasteiger charge is 2.61. The lowest BCUT2D eigenvalue weighted by atomic mass is 9.73. The van der Waals surface area contributed by atoms with Gasteiger partial charge >= 0.3 is 6.09 Å². The summed E-state index contributed by atoms with van der Waals surface area (Å²) in [4.78, 5) is 45.5. The molecule has 2 saturated carbocycles. The summed E-state index contributed by atoms with van der Waals surface area (Å²) in [6.07, 6.45) is -1.98. The van der Waals surface area contributed by atoms with Crippen LogP contribution in [-0.2, 0) is 24.2 Å². The number of nitrogens with two attached hydrogens (primary N) is 1. The highest BCUT2D eigenvalue weighted by Crippen LogP contribution is 2.55. The van der Waals surface area contributed by atoms with Gasteiger partial charge in [-0.05, 0) is 55.7 Å². The summed E-state index contributed by atoms with van der Waals surface area (Å²) in [6.45, 7) is -0.406. The maximum absolute atomic E-state index is 13.9. The summed E-state index contributed by atoms with van der Waals surface area (Å²) in [7, 11) is -3.68. The highest BCUT2D eigenvalue weighted by molar-refractivity contribution is 7.92. The molecule has 0 heterocycles. The van der Waals surface area contributed by atoms with Gasteiger partial charge in [-0.1, -0.05) is 11.6 Å². The van der Waals surface area contributed by atoms with E-state index in [2.05, 4.69) is 20.7 Å². The summed E-state index contributed by atoms with van der Waals surface area (Å²) < 4.78 is 72.6. The Balaban J connectivity index is 1.53. The summed E-state index contributed by atoms with van der Waals surface area (Å²) in [5.74, 6) is -9.34. The Kier molecular flexibility index (Phi) is 9.91. The first-order valence-electron chi connectivity index (χ1n) is 13.8. The third-order valence-electron chi connectivity index (χ3n) is 8.38. The van der Waals surface area contributed by atoms with Crippen LogP contribution in [0.3, 0.4) is 0 Å². The first-order valence-corrected chi connectivity index (χ1v) is 15.6. The fraction of sp³-hybridized carbons (Fsp3) is 0.429. The van der Waals surface area contributed by atoms with Crippen molar-refractivity contribution in [2.45, 2.75) is 53.6 Å². The van der Waals surface area contributed by atoms with Crippen LogP contribution in [0.1, 0.15) is 42.5 Å². The summed E-state index contributed by atoms with van der Waals surface area (Å²) in [5, 5.41) is 29.5. The van der Waals surface area contributed by atoms with Crippen LogP contribution in [-0.4, -0.2) is 72.7 Å². The number of anilines is 1. The second-order valence-electron chi connectivity index (χ2n) is 11.3. The molecule has 0 spiro atoms. The van der Waals surface area contributed by atoms with Crippen molar-refractivity contribution in [2.75, 3.05) is 19.0 Å². The van der Waals surface area contributed by atoms with Crippen LogP contribution in [0, 0.1) is 29.3 Å². The number of halogens is 4. The molecule has 7 N–H and O–H groups in total. The van der Waals surface area contributed by atoms with E-state index in [0.29, 0.717) is 12.1 Å². The summed E-state index contributed by atoms with van der Waals surface area (Å²) in [5.41, 5.74) is 2.71. The van der Waals surface area contributed by atoms with E-state index < -0.39 is 116 Å². The molecule has 0 saturated heterocycles. The molecule has 2 fully saturated rings. The van der Waals surface area contributed by atoms with Crippen LogP contribution < -0.4 is 21.7 Å². The first-order chi connectivity index (χ1) is 21.4. The maximum atomic E-state index is 13.9. The molecule has 2 aliphatic rings. The van der Waals surface area contributed by atoms with Crippen LogP contribution in [0.4, 0.5) is 23.7 Å². The Labute approximate surface area is 265 Å². The minimum Gasteiger partial charge on any atom is -0.453 e. The zero-order valence-electron chi connectivity index (χ0n) is 24.1. The van der Waals surface area contributed by atoms with E-state index in [-0.39, 0.29) is 23.4 Å². The van der Waals surface area contributed by atoms with Crippen LogP contribution in [0.15, 0.2) is 35.2 Å². The van der Waals surface area contributed by atoms with Crippen LogP contribution in [0.25, 0.3) is 0 Å². The number of amides is 4. The molecule has 4 amide bonds. The number of benzene rings is 2. The van der Waals surface area contributed by atoms with Gasteiger partial charge in [-0.3, -0.25) is 14.4 Å². The topological polar surface area (TPSA) is 214 Å². The van der Waals surface area contributed by atoms with Crippen molar-refractivity contribution in [1.29, 1.82) is 0 Å². The quantitative estimate of drug-likeness (QED) is 0.200. The number of primary amides is 1. The van der Waals surface area contributed by atoms with Gasteiger partial charge in [0.2, 0.25) is 21.7 Å². The van der Waals surface area contributed by atoms with Gasteiger partial charge in [-0.25, -0.2) is 26.4 Å². The van der Waals surface area contributed by atoms with Gasteiger partial charge < -0.3 is 36.6 Å². The minimum absolute atomic E-state index is 0.279. The number of alkyl carbamates (subject to hydrolysis) is 1. The molecule has 0 radical (unpaired) electrons. The van der Waals surface area contributed by atoms with Crippen molar-refractivity contribution in [3.05, 3.63) is 58.4 Å². The lowest BCUT2D eigenvalue weighted by Crippen LogP contribution is -2.60. The summed E-state index contributed by atoms with van der Waals surface area (Å²) in [6, 6.07) is 2.72. The van der Waals surface area contributed by atoms with Crippen LogP contribution >= 0.6 is 11.6 Å². The Hall–Kier alpha value is -3.93. The number of aliphatic hydroxyl groups is 2. The van der Waals surface area contributed by atoms with Crippen molar-refractivity contribution >= 4 is 50.9 Å². The van der Waals surface area contributed by atoms with E-state index in [0.717, 1.165) is 25.3 Å². The highest BCUT2D eigenvalue weighted by atomic mass is 35.5. The number of hydrogen-bond donors (Lipinski definition) is 6. The smallest absolute Gasteiger partial charge is 0.407 e. The standard InChI is InChI=1S/C28H30ClF3N4O9S/c1-45-26(40)36-20(9-22(33)37)25(39)34-12-28(42)14-3-4-15(28)11-27(41,10-14)46(43,44)21-6-13(2-5-17(21)29)24(38)35-16-7-18(30)23(32)19(31)8-16/h2,5-8,14-15,20,41-42H,3-4,9-12H2,1H3,(H2,33,37)(H,34,39)(H,35,38)(H,36,40)/t14?,15?,20-,27-,28-/m0/s1. The van der Waals surface area contributed by atoms with E-state index in [4.69, 9.17) is 17.3 Å². The molecule has 18 heteroatoms. The SMILES string of the molecule is COC(=O)N[C@@H](CC(N)=O)C(=O)NC[C@]1(O)C2CCC1C[C@@](O)(S(=O)(=O)c1cc(C(=O)Nc3cc(F)c(F)c(F)c3)ccc1Cl)C2. The van der Waals surface area contributed by atoms with E-state index in [1.807, 2.05) is 0 Å². The average molecular weight is 691 g/mol. The zero-order chi connectivity index (χ0) is 34.2. The van der Waals surface area contributed by atoms with Crippen molar-refractivity contribution in [3.8, 4) is 0 Å². The Bertz CT molecular complexity index is 1660. The van der Waals surface area contributed by atoms with Gasteiger partial charge in [-0.2, -0.15) is 0 Å². The second-order valence-corrected chi connectivity index (χ2v) is 13.9. The van der Waals surface area contributed by atoms with E-state index in [1.54, 1.807) is 0 Å². The fourth-order valence-electron chi connectivity index (χ4n) is 6.00. The first kappa shape index (κ1) is 34.9. The maximum Gasteiger partial charge on any atom is 0.407 e. The van der Waals surface area contributed by atoms with Crippen molar-refractivity contribution in [2.24, 2.45) is 17.6 Å².